The van der Waals surface area contributed by atoms with E-state index in [1.165, 1.54) is 68.9 Å². The fourth-order valence-corrected chi connectivity index (χ4v) is 13.1. The smallest absolute Gasteiger partial charge is 0.326 e. The zero-order chi connectivity index (χ0) is 72.9. The van der Waals surface area contributed by atoms with Gasteiger partial charge in [0.25, 0.3) is 0 Å². The van der Waals surface area contributed by atoms with Crippen molar-refractivity contribution < 1.29 is 32.6 Å². The Balaban J connectivity index is 0.000000211. The number of methoxy groups -OCH3 is 2. The molecule has 14 nitrogen and oxygen atoms in total. The molecule has 0 atom stereocenters. The molecule has 8 aromatic rings. The van der Waals surface area contributed by atoms with Crippen LogP contribution in [-0.4, -0.2) is 38.9 Å². The molecule has 100 heavy (non-hydrogen) atoms. The van der Waals surface area contributed by atoms with Gasteiger partial charge in [-0.1, -0.05) is 175 Å². The third kappa shape index (κ3) is 20.0. The molecule has 1 fully saturated rings. The summed E-state index contributed by atoms with van der Waals surface area (Å²) in [5.74, 6) is 1.71. The number of benzene rings is 8. The summed E-state index contributed by atoms with van der Waals surface area (Å²) in [6, 6.07) is 42.0. The second-order valence-electron chi connectivity index (χ2n) is 26.5. The molecule has 9 N–H and O–H groups in total. The van der Waals surface area contributed by atoms with Crippen LogP contribution in [0.3, 0.4) is 0 Å². The van der Waals surface area contributed by atoms with Crippen molar-refractivity contribution in [3.8, 4) is 11.5 Å². The molecule has 17 heteroatoms. The van der Waals surface area contributed by atoms with Gasteiger partial charge in [-0.25, -0.2) is 23.2 Å². The predicted molar refractivity (Wildman–Crippen MR) is 415 cm³/mol. The van der Waals surface area contributed by atoms with Gasteiger partial charge in [-0.2, -0.15) is 0 Å². The Labute approximate surface area is 598 Å². The Morgan fingerprint density at radius 1 is 0.440 bits per heavy atom. The van der Waals surface area contributed by atoms with Crippen molar-refractivity contribution in [1.82, 2.24) is 0 Å². The molecule has 1 aliphatic rings. The first-order valence-corrected chi connectivity index (χ1v) is 35.9. The molecule has 0 spiro atoms. The zero-order valence-corrected chi connectivity index (χ0v) is 62.0. The number of urea groups is 3. The first-order chi connectivity index (χ1) is 47.9. The maximum absolute atomic E-state index is 14.8. The molecule has 0 heterocycles. The van der Waals surface area contributed by atoms with E-state index in [9.17, 15) is 23.2 Å². The highest BCUT2D eigenvalue weighted by molar-refractivity contribution is 6.32. The number of aryl methyl sites for hydroxylation is 2. The number of nitrogens with two attached hydrogens (primary N) is 3. The number of nitrogens with zero attached hydrogens (tertiary/aromatic N) is 3. The fraction of sp³-hybridized carbons (Fsp3) is 0.386. The quantitative estimate of drug-likeness (QED) is 0.0341. The summed E-state index contributed by atoms with van der Waals surface area (Å²) in [5, 5.41) is 9.88. The number of carbonyl (C=O) groups excluding carboxylic acids is 3. The van der Waals surface area contributed by atoms with E-state index < -0.39 is 17.7 Å². The molecule has 9 rings (SSSR count). The number of amides is 6. The molecule has 1 saturated carbocycles. The molecule has 534 valence electrons. The molecule has 0 unspecified atom stereocenters. The highest BCUT2D eigenvalue weighted by Gasteiger charge is 2.27. The van der Waals surface area contributed by atoms with Gasteiger partial charge in [0.1, 0.15) is 23.1 Å². The lowest BCUT2D eigenvalue weighted by molar-refractivity contribution is 0.253. The number of nitrogen functional groups attached to an aromatic ring is 3. The van der Waals surface area contributed by atoms with Gasteiger partial charge >= 0.3 is 18.1 Å². The van der Waals surface area contributed by atoms with Gasteiger partial charge in [-0.15, -0.1) is 0 Å². The summed E-state index contributed by atoms with van der Waals surface area (Å²) < 4.78 is 39.9. The summed E-state index contributed by atoms with van der Waals surface area (Å²) in [7, 11) is 2.98. The van der Waals surface area contributed by atoms with E-state index in [-0.39, 0.29) is 25.2 Å². The van der Waals surface area contributed by atoms with E-state index in [0.717, 1.165) is 93.1 Å². The highest BCUT2D eigenvalue weighted by Crippen LogP contribution is 2.37. The number of rotatable bonds is 23. The number of halogens is 3. The monoisotopic (exact) mass is 1380 g/mol. The maximum Gasteiger partial charge on any atom is 0.326 e. The van der Waals surface area contributed by atoms with Gasteiger partial charge in [-0.05, 0) is 192 Å². The van der Waals surface area contributed by atoms with Gasteiger partial charge < -0.3 is 42.6 Å². The van der Waals surface area contributed by atoms with E-state index in [1.807, 2.05) is 105 Å². The predicted octanol–water partition coefficient (Wildman–Crippen LogP) is 21.6. The first-order valence-electron chi connectivity index (χ1n) is 35.5. The van der Waals surface area contributed by atoms with Crippen molar-refractivity contribution in [2.24, 2.45) is 5.92 Å². The van der Waals surface area contributed by atoms with Gasteiger partial charge in [0, 0.05) is 69.0 Å². The van der Waals surface area contributed by atoms with E-state index >= 15 is 0 Å². The Kier molecular flexibility index (Phi) is 29.1. The number of carbonyl (C=O) groups is 3. The minimum Gasteiger partial charge on any atom is -0.497 e. The zero-order valence-electron chi connectivity index (χ0n) is 61.2. The van der Waals surface area contributed by atoms with Crippen LogP contribution in [0.5, 0.6) is 11.5 Å². The van der Waals surface area contributed by atoms with Crippen molar-refractivity contribution in [3.05, 3.63) is 217 Å². The molecule has 0 aliphatic heterocycles. The lowest BCUT2D eigenvalue weighted by Crippen LogP contribution is -2.39. The van der Waals surface area contributed by atoms with Crippen molar-refractivity contribution in [1.29, 1.82) is 0 Å². The van der Waals surface area contributed by atoms with Crippen molar-refractivity contribution in [3.63, 3.8) is 0 Å². The number of hydrogen-bond acceptors (Lipinski definition) is 8. The van der Waals surface area contributed by atoms with E-state index in [4.69, 9.17) is 38.3 Å². The third-order valence-corrected chi connectivity index (χ3v) is 19.3. The van der Waals surface area contributed by atoms with Crippen LogP contribution in [0.4, 0.5) is 74.4 Å². The third-order valence-electron chi connectivity index (χ3n) is 19.0. The molecule has 0 radical (unpaired) electrons. The Bertz CT molecular complexity index is 4000. The minimum atomic E-state index is -0.448. The summed E-state index contributed by atoms with van der Waals surface area (Å²) >= 11 is 6.46. The van der Waals surface area contributed by atoms with Crippen LogP contribution in [0.1, 0.15) is 194 Å². The molecule has 8 aromatic carbocycles. The Morgan fingerprint density at radius 2 is 0.780 bits per heavy atom. The number of nitrogens with one attached hydrogen (secondary N) is 3. The van der Waals surface area contributed by atoms with E-state index in [0.29, 0.717) is 99.0 Å². The maximum atomic E-state index is 14.8. The lowest BCUT2D eigenvalue weighted by Gasteiger charge is -2.31. The van der Waals surface area contributed by atoms with Crippen molar-refractivity contribution >= 4 is 80.9 Å². The Morgan fingerprint density at radius 3 is 1.12 bits per heavy atom. The van der Waals surface area contributed by atoms with Gasteiger partial charge in [0.05, 0.1) is 44.4 Å². The van der Waals surface area contributed by atoms with Crippen LogP contribution in [0.15, 0.2) is 140 Å². The Hall–Kier alpha value is -9.28. The fourth-order valence-electron chi connectivity index (χ4n) is 12.8. The summed E-state index contributed by atoms with van der Waals surface area (Å²) in [5.41, 5.74) is 35.2. The standard InChI is InChI=1S/C28H33ClFN3O2.C28H34FN3O2.C27H39N3O/c1-6-22-24(29)15-26(31)23(7-2)27(22)32-28(34)33(20-11-8-18(9-12-20)17(3)4)16-19-10-13-21(35-5)14-25(19)30;1-6-19-11-15-26(30)24(7-2)27(19)31-28(33)32(22-12-8-20(9-13-22)18(3)4)17-21-10-14-23(34-5)16-25(21)29;1-5-21-14-17-25(28)24(6-2)26(21)29-27(31)30(18-20-10-8-7-9-11-20)23-15-12-22(13-16-23)19(3)4/h8-15,17H,6-7,16,31H2,1-5H3,(H,32,34);8-16,18H,6-7,17,30H2,1-5H3,(H,31,33);12-17,19-20H,5-11,18,28H2,1-4H3,(H,29,31). The molecule has 1 aliphatic carbocycles. The van der Waals surface area contributed by atoms with E-state index in [2.05, 4.69) is 95.6 Å². The number of ether oxygens (including phenoxy) is 2. The van der Waals surface area contributed by atoms with Crippen LogP contribution in [0.25, 0.3) is 0 Å². The molecule has 0 saturated heterocycles. The topological polar surface area (TPSA) is 194 Å². The SMILES string of the molecule is CCc1c(N)cc(Cl)c(CC)c1NC(=O)N(Cc1ccc(OC)cc1F)c1ccc(C(C)C)cc1.CCc1ccc(N)c(CC)c1NC(=O)N(CC1CCCCC1)c1ccc(C(C)C)cc1.CCc1ccc(N)c(CC)c1NC(=O)N(Cc1ccc(OC)cc1F)c1ccc(C(C)C)cc1. The van der Waals surface area contributed by atoms with Gasteiger partial charge in [-0.3, -0.25) is 14.7 Å². The largest absolute Gasteiger partial charge is 0.497 e. The molecular weight excluding hydrogens is 1280 g/mol. The molecule has 6 amide bonds. The van der Waals surface area contributed by atoms with E-state index in [1.54, 1.807) is 35.2 Å². The first kappa shape index (κ1) is 78.1. The molecule has 0 aromatic heterocycles. The summed E-state index contributed by atoms with van der Waals surface area (Å²) in [6.45, 7) is 25.9. The molecular formula is C83H106ClF2N9O5. The van der Waals surface area contributed by atoms with Gasteiger partial charge in [0.2, 0.25) is 0 Å². The number of anilines is 9. The van der Waals surface area contributed by atoms with Crippen LogP contribution < -0.4 is 57.3 Å². The lowest BCUT2D eigenvalue weighted by atomic mass is 9.89. The van der Waals surface area contributed by atoms with Crippen LogP contribution in [-0.2, 0) is 51.6 Å². The normalized spacial score (nSPS) is 12.1. The average Bonchev–Trinajstić information content (AvgIpc) is 0.810. The summed E-state index contributed by atoms with van der Waals surface area (Å²) in [6.07, 6.45) is 10.6. The minimum absolute atomic E-state index is 0.0294. The van der Waals surface area contributed by atoms with Crippen molar-refractivity contribution in [2.75, 3.05) is 68.6 Å². The second-order valence-corrected chi connectivity index (χ2v) is 26.9. The van der Waals surface area contributed by atoms with Crippen LogP contribution in [0.2, 0.25) is 5.02 Å². The van der Waals surface area contributed by atoms with Gasteiger partial charge in [0.15, 0.2) is 0 Å². The van der Waals surface area contributed by atoms with Crippen molar-refractivity contribution in [2.45, 2.75) is 185 Å². The summed E-state index contributed by atoms with van der Waals surface area (Å²) in [4.78, 5) is 46.0. The second kappa shape index (κ2) is 37.2. The molecule has 0 bridgehead atoms. The number of hydrogen-bond donors (Lipinski definition) is 6. The van der Waals surface area contributed by atoms with Crippen LogP contribution in [0, 0.1) is 17.6 Å². The average molecular weight is 1380 g/mol. The highest BCUT2D eigenvalue weighted by atomic mass is 35.5. The van der Waals surface area contributed by atoms with Crippen LogP contribution >= 0.6 is 11.6 Å².